The number of nitrogens with zero attached hydrogens (tertiary/aromatic N) is 2. The van der Waals surface area contributed by atoms with Gasteiger partial charge in [-0.2, -0.15) is 0 Å². The Hall–Kier alpha value is -3.19. The third kappa shape index (κ3) is 3.77. The van der Waals surface area contributed by atoms with Gasteiger partial charge in [0.15, 0.2) is 0 Å². The quantitative estimate of drug-likeness (QED) is 0.710. The molecule has 0 radical (unpaired) electrons. The standard InChI is InChI=1S/C25H28N4O3/c30-22(26-20-11-14-28(15-12-20)16-18-6-2-1-3-7-18)17-29-23(31)25(27-24(29)32)13-10-19-8-4-5-9-21(19)25/h1-9,20H,10-17H2,(H,26,30)(H,27,32). The Bertz CT molecular complexity index is 1030. The van der Waals surface area contributed by atoms with Gasteiger partial charge in [0.25, 0.3) is 5.91 Å². The molecule has 2 aromatic carbocycles. The number of rotatable bonds is 5. The van der Waals surface area contributed by atoms with Crippen LogP contribution in [0.1, 0.15) is 36.0 Å². The summed E-state index contributed by atoms with van der Waals surface area (Å²) in [6.45, 7) is 2.48. The van der Waals surface area contributed by atoms with E-state index in [1.54, 1.807) is 0 Å². The second kappa shape index (κ2) is 8.39. The Morgan fingerprint density at radius 2 is 1.75 bits per heavy atom. The van der Waals surface area contributed by atoms with Crippen molar-refractivity contribution in [1.29, 1.82) is 0 Å². The highest BCUT2D eigenvalue weighted by atomic mass is 16.2. The number of aryl methyl sites for hydroxylation is 1. The van der Waals surface area contributed by atoms with E-state index in [1.807, 2.05) is 42.5 Å². The van der Waals surface area contributed by atoms with Gasteiger partial charge in [0.1, 0.15) is 12.1 Å². The zero-order chi connectivity index (χ0) is 22.1. The molecule has 7 heteroatoms. The number of nitrogens with one attached hydrogen (secondary N) is 2. The van der Waals surface area contributed by atoms with Crippen molar-refractivity contribution in [3.8, 4) is 0 Å². The van der Waals surface area contributed by atoms with Gasteiger partial charge in [0.05, 0.1) is 0 Å². The van der Waals surface area contributed by atoms with Crippen LogP contribution < -0.4 is 10.6 Å². The summed E-state index contributed by atoms with van der Waals surface area (Å²) in [6, 6.07) is 17.7. The van der Waals surface area contributed by atoms with E-state index >= 15 is 0 Å². The maximum absolute atomic E-state index is 13.2. The van der Waals surface area contributed by atoms with Crippen LogP contribution >= 0.6 is 0 Å². The van der Waals surface area contributed by atoms with Gasteiger partial charge in [-0.3, -0.25) is 19.4 Å². The largest absolute Gasteiger partial charge is 0.352 e. The van der Waals surface area contributed by atoms with Gasteiger partial charge in [0, 0.05) is 25.7 Å². The Morgan fingerprint density at radius 1 is 1.03 bits per heavy atom. The van der Waals surface area contributed by atoms with Crippen LogP contribution in [0.3, 0.4) is 0 Å². The molecule has 1 spiro atoms. The highest BCUT2D eigenvalue weighted by molar-refractivity contribution is 6.09. The van der Waals surface area contributed by atoms with E-state index in [0.29, 0.717) is 6.42 Å². The number of urea groups is 1. The lowest BCUT2D eigenvalue weighted by Gasteiger charge is -2.32. The lowest BCUT2D eigenvalue weighted by Crippen LogP contribution is -2.48. The molecule has 3 aliphatic rings. The van der Waals surface area contributed by atoms with Crippen LogP contribution in [0.5, 0.6) is 0 Å². The highest BCUT2D eigenvalue weighted by Crippen LogP contribution is 2.41. The summed E-state index contributed by atoms with van der Waals surface area (Å²) >= 11 is 0. The molecule has 0 saturated carbocycles. The molecule has 0 aromatic heterocycles. The Kier molecular flexibility index (Phi) is 5.43. The van der Waals surface area contributed by atoms with E-state index in [-0.39, 0.29) is 24.4 Å². The zero-order valence-electron chi connectivity index (χ0n) is 18.0. The van der Waals surface area contributed by atoms with Gasteiger partial charge in [0.2, 0.25) is 5.91 Å². The number of carbonyl (C=O) groups is 3. The fraction of sp³-hybridized carbons (Fsp3) is 0.400. The lowest BCUT2D eigenvalue weighted by molar-refractivity contribution is -0.135. The van der Waals surface area contributed by atoms with E-state index in [4.69, 9.17) is 0 Å². The first-order valence-corrected chi connectivity index (χ1v) is 11.3. The highest BCUT2D eigenvalue weighted by Gasteiger charge is 2.55. The second-order valence-electron chi connectivity index (χ2n) is 8.99. The van der Waals surface area contributed by atoms with Gasteiger partial charge in [-0.15, -0.1) is 0 Å². The Morgan fingerprint density at radius 3 is 2.53 bits per heavy atom. The molecule has 2 fully saturated rings. The maximum atomic E-state index is 13.2. The molecule has 2 saturated heterocycles. The normalized spacial score (nSPS) is 23.4. The SMILES string of the molecule is O=C(CN1C(=O)NC2(CCc3ccccc32)C1=O)NC1CCN(Cc2ccccc2)CC1. The van der Waals surface area contributed by atoms with Crippen molar-refractivity contribution in [2.75, 3.05) is 19.6 Å². The van der Waals surface area contributed by atoms with E-state index in [0.717, 1.165) is 54.9 Å². The first kappa shape index (κ1) is 20.7. The van der Waals surface area contributed by atoms with Crippen LogP contribution in [0, 0.1) is 0 Å². The third-order valence-corrected chi connectivity index (χ3v) is 6.93. The average molecular weight is 433 g/mol. The minimum absolute atomic E-state index is 0.0662. The number of benzene rings is 2. The van der Waals surface area contributed by atoms with Gasteiger partial charge in [-0.25, -0.2) is 4.79 Å². The lowest BCUT2D eigenvalue weighted by atomic mass is 9.92. The van der Waals surface area contributed by atoms with Crippen LogP contribution in [-0.2, 0) is 28.1 Å². The predicted octanol–water partition coefficient (Wildman–Crippen LogP) is 2.16. The van der Waals surface area contributed by atoms with Crippen LogP contribution in [-0.4, -0.2) is 53.3 Å². The summed E-state index contributed by atoms with van der Waals surface area (Å²) in [7, 11) is 0. The van der Waals surface area contributed by atoms with E-state index in [2.05, 4.69) is 27.7 Å². The topological polar surface area (TPSA) is 81.8 Å². The smallest absolute Gasteiger partial charge is 0.325 e. The predicted molar refractivity (Wildman–Crippen MR) is 120 cm³/mol. The number of carbonyl (C=O) groups excluding carboxylic acids is 3. The monoisotopic (exact) mass is 432 g/mol. The third-order valence-electron chi connectivity index (χ3n) is 6.93. The van der Waals surface area contributed by atoms with Crippen LogP contribution in [0.25, 0.3) is 0 Å². The summed E-state index contributed by atoms with van der Waals surface area (Å²) in [5, 5.41) is 5.90. The molecule has 0 bridgehead atoms. The molecule has 2 aromatic rings. The first-order chi connectivity index (χ1) is 15.5. The number of likely N-dealkylation sites (tertiary alicyclic amines) is 1. The van der Waals surface area contributed by atoms with Gasteiger partial charge >= 0.3 is 6.03 Å². The van der Waals surface area contributed by atoms with Gasteiger partial charge < -0.3 is 10.6 Å². The first-order valence-electron chi connectivity index (χ1n) is 11.3. The fourth-order valence-electron chi connectivity index (χ4n) is 5.23. The van der Waals surface area contributed by atoms with E-state index < -0.39 is 11.6 Å². The molecule has 1 atom stereocenters. The van der Waals surface area contributed by atoms with Crippen LogP contribution in [0.2, 0.25) is 0 Å². The van der Waals surface area contributed by atoms with E-state index in [1.165, 1.54) is 5.56 Å². The molecule has 1 aliphatic carbocycles. The average Bonchev–Trinajstić information content (AvgIpc) is 3.29. The molecular weight excluding hydrogens is 404 g/mol. The summed E-state index contributed by atoms with van der Waals surface area (Å²) in [5.74, 6) is -0.598. The summed E-state index contributed by atoms with van der Waals surface area (Å²) in [6.07, 6.45) is 2.99. The molecule has 2 N–H and O–H groups in total. The molecule has 5 rings (SSSR count). The number of imide groups is 1. The summed E-state index contributed by atoms with van der Waals surface area (Å²) in [5.41, 5.74) is 2.20. The summed E-state index contributed by atoms with van der Waals surface area (Å²) in [4.78, 5) is 41.9. The molecular formula is C25H28N4O3. The minimum Gasteiger partial charge on any atom is -0.352 e. The van der Waals surface area contributed by atoms with Gasteiger partial charge in [-0.05, 0) is 42.4 Å². The van der Waals surface area contributed by atoms with Crippen molar-refractivity contribution < 1.29 is 14.4 Å². The van der Waals surface area contributed by atoms with Crippen molar-refractivity contribution in [2.24, 2.45) is 0 Å². The molecule has 166 valence electrons. The van der Waals surface area contributed by atoms with E-state index in [9.17, 15) is 14.4 Å². The fourth-order valence-corrected chi connectivity index (χ4v) is 5.23. The molecule has 2 aliphatic heterocycles. The number of hydrogen-bond acceptors (Lipinski definition) is 4. The van der Waals surface area contributed by atoms with Crippen LogP contribution in [0.4, 0.5) is 4.79 Å². The summed E-state index contributed by atoms with van der Waals surface area (Å²) < 4.78 is 0. The van der Waals surface area contributed by atoms with Crippen molar-refractivity contribution in [2.45, 2.75) is 43.8 Å². The Balaban J connectivity index is 1.15. The number of fused-ring (bicyclic) bond motifs is 2. The van der Waals surface area contributed by atoms with Crippen molar-refractivity contribution in [3.05, 3.63) is 71.3 Å². The van der Waals surface area contributed by atoms with Crippen molar-refractivity contribution >= 4 is 17.8 Å². The second-order valence-corrected chi connectivity index (χ2v) is 8.99. The molecule has 7 nitrogen and oxygen atoms in total. The molecule has 2 heterocycles. The van der Waals surface area contributed by atoms with Crippen molar-refractivity contribution in [3.63, 3.8) is 0 Å². The molecule has 4 amide bonds. The van der Waals surface area contributed by atoms with Gasteiger partial charge in [-0.1, -0.05) is 54.6 Å². The van der Waals surface area contributed by atoms with Crippen molar-refractivity contribution in [1.82, 2.24) is 20.4 Å². The van der Waals surface area contributed by atoms with Crippen LogP contribution in [0.15, 0.2) is 54.6 Å². The Labute approximate surface area is 187 Å². The maximum Gasteiger partial charge on any atom is 0.325 e. The molecule has 32 heavy (non-hydrogen) atoms. The number of hydrogen-bond donors (Lipinski definition) is 2. The minimum atomic E-state index is -1.02. The zero-order valence-corrected chi connectivity index (χ0v) is 18.0. The number of piperidine rings is 1. The molecule has 1 unspecified atom stereocenters. The number of amides is 4.